The summed E-state index contributed by atoms with van der Waals surface area (Å²) in [5, 5.41) is 6.93. The van der Waals surface area contributed by atoms with Gasteiger partial charge in [0.25, 0.3) is 0 Å². The van der Waals surface area contributed by atoms with Crippen molar-refractivity contribution >= 4 is 46.0 Å². The molecule has 4 nitrogen and oxygen atoms in total. The summed E-state index contributed by atoms with van der Waals surface area (Å²) in [6.07, 6.45) is 3.77. The Morgan fingerprint density at radius 2 is 2.27 bits per heavy atom. The highest BCUT2D eigenvalue weighted by Gasteiger charge is 2.18. The van der Waals surface area contributed by atoms with E-state index in [9.17, 15) is 0 Å². The lowest BCUT2D eigenvalue weighted by Crippen LogP contribution is -2.39. The molecule has 2 heterocycles. The topological polar surface area (TPSA) is 27.7 Å². The predicted octanol–water partition coefficient (Wildman–Crippen LogP) is 6.04. The number of ether oxygens (including phenoxy) is 1. The molecule has 30 heavy (non-hydrogen) atoms. The van der Waals surface area contributed by atoms with Gasteiger partial charge in [0.1, 0.15) is 5.75 Å². The molecule has 1 aromatic heterocycles. The molecule has 1 saturated heterocycles. The van der Waals surface area contributed by atoms with Crippen molar-refractivity contribution in [2.24, 2.45) is 5.92 Å². The van der Waals surface area contributed by atoms with Crippen molar-refractivity contribution < 1.29 is 4.74 Å². The van der Waals surface area contributed by atoms with Gasteiger partial charge in [0.05, 0.1) is 19.3 Å². The molecule has 0 spiro atoms. The van der Waals surface area contributed by atoms with Crippen molar-refractivity contribution in [3.8, 4) is 5.75 Å². The second-order valence-corrected chi connectivity index (χ2v) is 9.96. The van der Waals surface area contributed by atoms with Crippen molar-refractivity contribution in [2.75, 3.05) is 38.6 Å². The van der Waals surface area contributed by atoms with Crippen LogP contribution in [0.5, 0.6) is 5.75 Å². The molecule has 2 aromatic rings. The molecule has 1 aromatic carbocycles. The maximum Gasteiger partial charge on any atom is 0.173 e. The van der Waals surface area contributed by atoms with Crippen LogP contribution < -0.4 is 10.1 Å². The number of benzene rings is 1. The van der Waals surface area contributed by atoms with Gasteiger partial charge in [0, 0.05) is 29.1 Å². The van der Waals surface area contributed by atoms with E-state index >= 15 is 0 Å². The summed E-state index contributed by atoms with van der Waals surface area (Å²) in [5.74, 6) is 1.51. The molecule has 1 aliphatic heterocycles. The van der Waals surface area contributed by atoms with Gasteiger partial charge in [0.15, 0.2) is 5.11 Å². The molecule has 0 saturated carbocycles. The average molecular weight is 466 g/mol. The monoisotopic (exact) mass is 465 g/mol. The number of rotatable bonds is 8. The Hall–Kier alpha value is -1.34. The summed E-state index contributed by atoms with van der Waals surface area (Å²) < 4.78 is 5.51. The van der Waals surface area contributed by atoms with Gasteiger partial charge < -0.3 is 19.9 Å². The van der Waals surface area contributed by atoms with Crippen LogP contribution in [0.25, 0.3) is 0 Å². The maximum atomic E-state index is 6.26. The van der Waals surface area contributed by atoms with Crippen LogP contribution in [0, 0.1) is 12.8 Å². The highest BCUT2D eigenvalue weighted by molar-refractivity contribution is 7.80. The van der Waals surface area contributed by atoms with Crippen molar-refractivity contribution in [1.82, 2.24) is 9.80 Å². The van der Waals surface area contributed by atoms with E-state index < -0.39 is 0 Å². The molecular formula is C23H32ClN3OS2. The van der Waals surface area contributed by atoms with Crippen molar-refractivity contribution in [3.63, 3.8) is 0 Å². The Labute approximate surface area is 195 Å². The zero-order chi connectivity index (χ0) is 21.5. The van der Waals surface area contributed by atoms with Gasteiger partial charge in [-0.2, -0.15) is 0 Å². The van der Waals surface area contributed by atoms with Gasteiger partial charge in [-0.25, -0.2) is 0 Å². The van der Waals surface area contributed by atoms with Crippen LogP contribution in [0.1, 0.15) is 36.6 Å². The minimum atomic E-state index is 0.689. The molecule has 0 bridgehead atoms. The quantitative estimate of drug-likeness (QED) is 0.480. The minimum Gasteiger partial charge on any atom is -0.495 e. The molecule has 0 radical (unpaired) electrons. The van der Waals surface area contributed by atoms with E-state index in [4.69, 9.17) is 28.6 Å². The molecule has 1 fully saturated rings. The normalized spacial score (nSPS) is 17.0. The van der Waals surface area contributed by atoms with Gasteiger partial charge in [-0.3, -0.25) is 0 Å². The molecule has 0 amide bonds. The standard InChI is InChI=1S/C23H32ClN3OS2/c1-17-7-4-9-26(15-17)10-6-11-27(16-19-8-5-12-30-19)23(29)25-21-13-18(2)20(24)14-22(21)28-3/h5,8,12-14,17H,4,6-7,9-11,15-16H2,1-3H3,(H,25,29)/t17-/m0/s1. The molecule has 1 N–H and O–H groups in total. The van der Waals surface area contributed by atoms with Gasteiger partial charge in [0.2, 0.25) is 0 Å². The number of thiophene rings is 1. The van der Waals surface area contributed by atoms with Crippen LogP contribution in [-0.4, -0.2) is 48.2 Å². The van der Waals surface area contributed by atoms with E-state index in [-0.39, 0.29) is 0 Å². The first-order valence-electron chi connectivity index (χ1n) is 10.6. The number of methoxy groups -OCH3 is 1. The second kappa shape index (κ2) is 11.3. The van der Waals surface area contributed by atoms with Gasteiger partial charge in [-0.1, -0.05) is 24.6 Å². The number of nitrogens with zero attached hydrogens (tertiary/aromatic N) is 2. The first-order chi connectivity index (χ1) is 14.5. The average Bonchev–Trinajstić information content (AvgIpc) is 3.23. The van der Waals surface area contributed by atoms with E-state index in [1.165, 1.54) is 30.8 Å². The smallest absolute Gasteiger partial charge is 0.173 e. The Balaban J connectivity index is 1.65. The highest BCUT2D eigenvalue weighted by atomic mass is 35.5. The first-order valence-corrected chi connectivity index (χ1v) is 12.3. The molecule has 0 unspecified atom stereocenters. The van der Waals surface area contributed by atoms with Crippen molar-refractivity contribution in [1.29, 1.82) is 0 Å². The summed E-state index contributed by atoms with van der Waals surface area (Å²) in [7, 11) is 1.65. The zero-order valence-corrected chi connectivity index (χ0v) is 20.5. The molecule has 1 aliphatic rings. The number of hydrogen-bond acceptors (Lipinski definition) is 4. The molecule has 164 valence electrons. The van der Waals surface area contributed by atoms with Crippen LogP contribution in [0.3, 0.4) is 0 Å². The van der Waals surface area contributed by atoms with Crippen LogP contribution in [0.2, 0.25) is 5.02 Å². The Morgan fingerprint density at radius 1 is 1.43 bits per heavy atom. The van der Waals surface area contributed by atoms with Gasteiger partial charge in [-0.15, -0.1) is 11.3 Å². The Bertz CT molecular complexity index is 828. The van der Waals surface area contributed by atoms with E-state index in [0.29, 0.717) is 10.8 Å². The third-order valence-corrected chi connectivity index (χ3v) is 7.21. The van der Waals surface area contributed by atoms with Crippen molar-refractivity contribution in [2.45, 2.75) is 39.7 Å². The lowest BCUT2D eigenvalue weighted by Gasteiger charge is -2.32. The number of hydrogen-bond donors (Lipinski definition) is 1. The number of piperidine rings is 1. The minimum absolute atomic E-state index is 0.689. The van der Waals surface area contributed by atoms with E-state index in [2.05, 4.69) is 39.6 Å². The molecule has 1 atom stereocenters. The maximum absolute atomic E-state index is 6.26. The van der Waals surface area contributed by atoms with E-state index in [0.717, 1.165) is 48.3 Å². The first kappa shape index (κ1) is 23.3. The fraction of sp³-hybridized carbons (Fsp3) is 0.522. The summed E-state index contributed by atoms with van der Waals surface area (Å²) in [6, 6.07) is 8.09. The third-order valence-electron chi connectivity index (χ3n) is 5.58. The fourth-order valence-electron chi connectivity index (χ4n) is 3.94. The SMILES string of the molecule is COc1cc(Cl)c(C)cc1NC(=S)N(CCCN1CCC[C@H](C)C1)Cc1cccs1. The summed E-state index contributed by atoms with van der Waals surface area (Å²) in [6.45, 7) is 9.64. The molecular weight excluding hydrogens is 434 g/mol. The zero-order valence-electron chi connectivity index (χ0n) is 18.1. The fourth-order valence-corrected chi connectivity index (χ4v) is 5.08. The van der Waals surface area contributed by atoms with Crippen LogP contribution >= 0.6 is 35.2 Å². The number of nitrogens with one attached hydrogen (secondary N) is 1. The summed E-state index contributed by atoms with van der Waals surface area (Å²) in [4.78, 5) is 6.17. The molecule has 0 aliphatic carbocycles. The number of anilines is 1. The Kier molecular flexibility index (Phi) is 8.81. The van der Waals surface area contributed by atoms with Gasteiger partial charge in [-0.05, 0) is 80.5 Å². The summed E-state index contributed by atoms with van der Waals surface area (Å²) >= 11 is 13.8. The number of halogens is 1. The van der Waals surface area contributed by atoms with E-state index in [1.54, 1.807) is 18.4 Å². The second-order valence-electron chi connectivity index (χ2n) is 8.13. The van der Waals surface area contributed by atoms with Gasteiger partial charge >= 0.3 is 0 Å². The Morgan fingerprint density at radius 3 is 2.97 bits per heavy atom. The number of aryl methyl sites for hydroxylation is 1. The lowest BCUT2D eigenvalue weighted by atomic mass is 10.0. The third kappa shape index (κ3) is 6.58. The van der Waals surface area contributed by atoms with E-state index in [1.807, 2.05) is 19.1 Å². The summed E-state index contributed by atoms with van der Waals surface area (Å²) in [5.41, 5.74) is 1.84. The van der Waals surface area contributed by atoms with Crippen LogP contribution in [-0.2, 0) is 6.54 Å². The predicted molar refractivity (Wildman–Crippen MR) is 133 cm³/mol. The van der Waals surface area contributed by atoms with Crippen molar-refractivity contribution in [3.05, 3.63) is 45.1 Å². The largest absolute Gasteiger partial charge is 0.495 e. The van der Waals surface area contributed by atoms with Crippen LogP contribution in [0.15, 0.2) is 29.6 Å². The highest BCUT2D eigenvalue weighted by Crippen LogP contribution is 2.31. The lowest BCUT2D eigenvalue weighted by molar-refractivity contribution is 0.177. The van der Waals surface area contributed by atoms with Crippen LogP contribution in [0.4, 0.5) is 5.69 Å². The number of likely N-dealkylation sites (tertiary alicyclic amines) is 1. The molecule has 7 heteroatoms. The number of thiocarbonyl (C=S) groups is 1. The molecule has 3 rings (SSSR count).